The Morgan fingerprint density at radius 1 is 0.698 bits per heavy atom. The number of nitrogens with two attached hydrogens (primary N) is 3. The maximum absolute atomic E-state index is 13.7. The molecule has 17 nitrogen and oxygen atoms in total. The second-order valence-corrected chi connectivity index (χ2v) is 13.3. The van der Waals surface area contributed by atoms with Crippen molar-refractivity contribution in [1.82, 2.24) is 26.6 Å². The van der Waals surface area contributed by atoms with Gasteiger partial charge in [0.2, 0.25) is 29.5 Å². The number of aliphatic carboxylic acids is 1. The van der Waals surface area contributed by atoms with E-state index in [0.717, 1.165) is 0 Å². The van der Waals surface area contributed by atoms with Crippen LogP contribution in [-0.4, -0.2) is 94.5 Å². The first-order valence-electron chi connectivity index (χ1n) is 17.3. The Morgan fingerprint density at radius 3 is 1.87 bits per heavy atom. The normalized spacial score (nSPS) is 14.3. The number of aromatic hydroxyl groups is 1. The van der Waals surface area contributed by atoms with Crippen LogP contribution in [0.4, 0.5) is 0 Å². The van der Waals surface area contributed by atoms with Crippen molar-refractivity contribution in [1.29, 1.82) is 0 Å². The Labute approximate surface area is 308 Å². The van der Waals surface area contributed by atoms with Gasteiger partial charge in [-0.2, -0.15) is 0 Å². The summed E-state index contributed by atoms with van der Waals surface area (Å²) in [6.45, 7) is 6.24. The molecule has 13 N–H and O–H groups in total. The number of hydrogen-bond acceptors (Lipinski definition) is 9. The van der Waals surface area contributed by atoms with Gasteiger partial charge in [-0.05, 0) is 68.7 Å². The lowest BCUT2D eigenvalue weighted by Crippen LogP contribution is -2.57. The van der Waals surface area contributed by atoms with E-state index in [1.165, 1.54) is 19.1 Å². The minimum Gasteiger partial charge on any atom is -0.508 e. The topological polar surface area (TPSA) is 293 Å². The first-order valence-corrected chi connectivity index (χ1v) is 17.3. The summed E-state index contributed by atoms with van der Waals surface area (Å²) < 4.78 is 0. The predicted octanol–water partition coefficient (Wildman–Crippen LogP) is -0.847. The van der Waals surface area contributed by atoms with Gasteiger partial charge in [0.05, 0.1) is 18.6 Å². The van der Waals surface area contributed by atoms with Gasteiger partial charge in [-0.15, -0.1) is 0 Å². The van der Waals surface area contributed by atoms with Crippen LogP contribution < -0.4 is 43.8 Å². The van der Waals surface area contributed by atoms with Crippen molar-refractivity contribution in [3.63, 3.8) is 0 Å². The molecule has 0 saturated heterocycles. The molecule has 290 valence electrons. The summed E-state index contributed by atoms with van der Waals surface area (Å²) in [5.41, 5.74) is 18.2. The number of benzene rings is 2. The molecule has 0 bridgehead atoms. The van der Waals surface area contributed by atoms with Crippen LogP contribution >= 0.6 is 0 Å². The van der Waals surface area contributed by atoms with E-state index in [-0.39, 0.29) is 55.8 Å². The van der Waals surface area contributed by atoms with Crippen LogP contribution in [0, 0.1) is 5.92 Å². The number of carbonyl (C=O) groups is 6. The van der Waals surface area contributed by atoms with Gasteiger partial charge in [0.1, 0.15) is 29.9 Å². The molecular formula is C36H53N9O8. The van der Waals surface area contributed by atoms with Gasteiger partial charge in [-0.3, -0.25) is 29.0 Å². The third-order valence-electron chi connectivity index (χ3n) is 8.04. The highest BCUT2D eigenvalue weighted by Gasteiger charge is 2.31. The number of phenolic OH excluding ortho intramolecular Hbond substituents is 1. The second kappa shape index (κ2) is 21.6. The van der Waals surface area contributed by atoms with Crippen molar-refractivity contribution in [3.8, 4) is 5.75 Å². The summed E-state index contributed by atoms with van der Waals surface area (Å²) in [7, 11) is 0. The van der Waals surface area contributed by atoms with E-state index in [9.17, 15) is 39.0 Å². The Balaban J connectivity index is 2.08. The van der Waals surface area contributed by atoms with Gasteiger partial charge >= 0.3 is 5.97 Å². The number of nitrogens with one attached hydrogen (secondary N) is 5. The molecule has 0 aromatic heterocycles. The molecule has 2 aromatic carbocycles. The van der Waals surface area contributed by atoms with Crippen LogP contribution in [0.3, 0.4) is 0 Å². The number of amides is 5. The number of carbonyl (C=O) groups excluding carboxylic acids is 5. The average Bonchev–Trinajstić information content (AvgIpc) is 3.08. The van der Waals surface area contributed by atoms with Crippen molar-refractivity contribution >= 4 is 41.5 Å². The van der Waals surface area contributed by atoms with Crippen LogP contribution in [0.5, 0.6) is 5.75 Å². The van der Waals surface area contributed by atoms with Gasteiger partial charge in [-0.25, -0.2) is 4.79 Å². The Morgan fingerprint density at radius 2 is 1.28 bits per heavy atom. The molecule has 6 atom stereocenters. The smallest absolute Gasteiger partial charge is 0.326 e. The number of phenols is 1. The molecule has 5 amide bonds. The van der Waals surface area contributed by atoms with Crippen LogP contribution in [0.2, 0.25) is 0 Å². The molecule has 0 aliphatic heterocycles. The van der Waals surface area contributed by atoms with E-state index >= 15 is 0 Å². The quantitative estimate of drug-likeness (QED) is 0.0556. The molecule has 0 aliphatic rings. The van der Waals surface area contributed by atoms with Gasteiger partial charge < -0.3 is 54.0 Å². The van der Waals surface area contributed by atoms with E-state index < -0.39 is 72.3 Å². The molecule has 0 fully saturated rings. The largest absolute Gasteiger partial charge is 0.508 e. The summed E-state index contributed by atoms with van der Waals surface area (Å²) in [5, 5.41) is 31.9. The van der Waals surface area contributed by atoms with E-state index in [0.29, 0.717) is 11.1 Å². The van der Waals surface area contributed by atoms with Crippen LogP contribution in [-0.2, 0) is 41.6 Å². The first-order chi connectivity index (χ1) is 24.9. The van der Waals surface area contributed by atoms with Crippen molar-refractivity contribution in [2.75, 3.05) is 6.54 Å². The van der Waals surface area contributed by atoms with E-state index in [1.54, 1.807) is 49.4 Å². The highest BCUT2D eigenvalue weighted by Crippen LogP contribution is 2.12. The van der Waals surface area contributed by atoms with E-state index in [4.69, 9.17) is 17.2 Å². The molecule has 0 spiro atoms. The SMILES string of the molecule is CC(C)C[C@H](NC(=O)[C@H](Cc1ccccc1)NC(=O)CNC(=O)[C@H](C)NC(=O)[C@H](N)Cc1ccc(O)cc1)C(=O)N[C@@H](CC[C@H](C)N=C(N)N)C(=O)O. The maximum atomic E-state index is 13.7. The maximum Gasteiger partial charge on any atom is 0.326 e. The Hall–Kier alpha value is -5.71. The molecule has 2 rings (SSSR count). The van der Waals surface area contributed by atoms with Crippen molar-refractivity contribution in [2.45, 2.75) is 96.1 Å². The highest BCUT2D eigenvalue weighted by atomic mass is 16.4. The number of carboxylic acid groups (broad SMARTS) is 1. The third-order valence-corrected chi connectivity index (χ3v) is 8.04. The molecule has 53 heavy (non-hydrogen) atoms. The Bertz CT molecular complexity index is 1570. The molecule has 0 radical (unpaired) electrons. The van der Waals surface area contributed by atoms with Crippen molar-refractivity contribution < 1.29 is 39.0 Å². The van der Waals surface area contributed by atoms with E-state index in [1.807, 2.05) is 13.8 Å². The average molecular weight is 740 g/mol. The molecular weight excluding hydrogens is 686 g/mol. The van der Waals surface area contributed by atoms with Gasteiger partial charge in [-0.1, -0.05) is 56.3 Å². The number of nitrogens with zero attached hydrogens (tertiary/aromatic N) is 1. The van der Waals surface area contributed by atoms with E-state index in [2.05, 4.69) is 31.6 Å². The lowest BCUT2D eigenvalue weighted by molar-refractivity contribution is -0.142. The fraction of sp³-hybridized carbons (Fsp3) is 0.472. The fourth-order valence-electron chi connectivity index (χ4n) is 5.22. The predicted molar refractivity (Wildman–Crippen MR) is 198 cm³/mol. The zero-order valence-corrected chi connectivity index (χ0v) is 30.5. The standard InChI is InChI=1S/C36H53N9O8/c1-20(2)16-28(33(50)44-27(35(52)53)15-10-21(3)41-36(38)39)45-34(51)29(18-23-8-6-5-7-9-23)43-30(47)19-40-31(48)22(4)42-32(49)26(37)17-24-11-13-25(46)14-12-24/h5-9,11-14,20-22,26-29,46H,10,15-19,37H2,1-4H3,(H,40,48)(H,42,49)(H,43,47)(H,44,50)(H,45,51)(H,52,53)(H4,38,39,41)/t21-,22-,26+,27-,28-,29-/m0/s1. The van der Waals surface area contributed by atoms with Gasteiger partial charge in [0.25, 0.3) is 0 Å². The third kappa shape index (κ3) is 16.5. The zero-order valence-electron chi connectivity index (χ0n) is 30.5. The Kier molecular flexibility index (Phi) is 17.7. The molecule has 2 aromatic rings. The minimum absolute atomic E-state index is 0.0225. The van der Waals surface area contributed by atoms with Crippen LogP contribution in [0.25, 0.3) is 0 Å². The lowest BCUT2D eigenvalue weighted by atomic mass is 10.00. The summed E-state index contributed by atoms with van der Waals surface area (Å²) in [5.74, 6) is -4.84. The number of hydrogen-bond donors (Lipinski definition) is 10. The molecule has 0 heterocycles. The number of guanidine groups is 1. The van der Waals surface area contributed by atoms with Crippen molar-refractivity contribution in [3.05, 3.63) is 65.7 Å². The summed E-state index contributed by atoms with van der Waals surface area (Å²) in [6, 6.07) is 8.96. The second-order valence-electron chi connectivity index (χ2n) is 13.3. The number of carboxylic acids is 1. The van der Waals surface area contributed by atoms with Crippen LogP contribution in [0.1, 0.15) is 58.1 Å². The molecule has 17 heteroatoms. The highest BCUT2D eigenvalue weighted by molar-refractivity contribution is 5.95. The molecule has 0 saturated carbocycles. The lowest BCUT2D eigenvalue weighted by Gasteiger charge is -2.26. The number of aliphatic imine (C=N–C) groups is 1. The summed E-state index contributed by atoms with van der Waals surface area (Å²) in [6.07, 6.45) is 0.646. The van der Waals surface area contributed by atoms with Gasteiger partial charge in [0.15, 0.2) is 5.96 Å². The minimum atomic E-state index is -1.28. The number of rotatable bonds is 21. The monoisotopic (exact) mass is 739 g/mol. The first kappa shape index (κ1) is 43.5. The van der Waals surface area contributed by atoms with Crippen LogP contribution in [0.15, 0.2) is 59.6 Å². The van der Waals surface area contributed by atoms with Gasteiger partial charge in [0, 0.05) is 6.42 Å². The fourth-order valence-corrected chi connectivity index (χ4v) is 5.22. The zero-order chi connectivity index (χ0) is 39.7. The molecule has 0 unspecified atom stereocenters. The molecule has 0 aliphatic carbocycles. The summed E-state index contributed by atoms with van der Waals surface area (Å²) in [4.78, 5) is 81.4. The van der Waals surface area contributed by atoms with Crippen molar-refractivity contribution in [2.24, 2.45) is 28.1 Å². The summed E-state index contributed by atoms with van der Waals surface area (Å²) >= 11 is 0.